The number of nitrogens with zero attached hydrogens (tertiary/aromatic N) is 2. The average Bonchev–Trinajstić information content (AvgIpc) is 3.25. The number of nitrogens with one attached hydrogen (secondary N) is 3. The van der Waals surface area contributed by atoms with Gasteiger partial charge in [-0.3, -0.25) is 15.0 Å². The summed E-state index contributed by atoms with van der Waals surface area (Å²) in [6.45, 7) is 3.42. The number of carbonyl (C=O) groups excluding carboxylic acids is 4. The van der Waals surface area contributed by atoms with E-state index in [1.165, 1.54) is 16.7 Å². The summed E-state index contributed by atoms with van der Waals surface area (Å²) in [6, 6.07) is -0.677. The van der Waals surface area contributed by atoms with Crippen molar-refractivity contribution >= 4 is 40.3 Å². The van der Waals surface area contributed by atoms with Crippen molar-refractivity contribution in [2.75, 3.05) is 18.5 Å². The van der Waals surface area contributed by atoms with E-state index in [-0.39, 0.29) is 5.69 Å². The zero-order valence-electron chi connectivity index (χ0n) is 15.2. The van der Waals surface area contributed by atoms with Crippen molar-refractivity contribution in [1.29, 1.82) is 0 Å². The molecule has 1 aliphatic heterocycles. The van der Waals surface area contributed by atoms with Crippen molar-refractivity contribution in [1.82, 2.24) is 20.7 Å². The molecular formula is C17H21N5O5S. The van der Waals surface area contributed by atoms with E-state index in [4.69, 9.17) is 4.74 Å². The molecule has 3 rings (SSSR count). The van der Waals surface area contributed by atoms with Gasteiger partial charge in [0, 0.05) is 11.9 Å². The van der Waals surface area contributed by atoms with Crippen LogP contribution in [0.4, 0.5) is 9.93 Å². The minimum Gasteiger partial charge on any atom is -0.451 e. The number of amides is 4. The Morgan fingerprint density at radius 1 is 1.36 bits per heavy atom. The fourth-order valence-electron chi connectivity index (χ4n) is 3.19. The Morgan fingerprint density at radius 2 is 2.11 bits per heavy atom. The number of imide groups is 1. The molecule has 1 saturated heterocycles. The van der Waals surface area contributed by atoms with Gasteiger partial charge in [-0.2, -0.15) is 5.01 Å². The highest BCUT2D eigenvalue weighted by Crippen LogP contribution is 2.32. The molecule has 1 aromatic heterocycles. The van der Waals surface area contributed by atoms with Crippen molar-refractivity contribution in [3.63, 3.8) is 0 Å². The van der Waals surface area contributed by atoms with Crippen LogP contribution in [0.25, 0.3) is 0 Å². The second-order valence-electron chi connectivity index (χ2n) is 6.53. The first-order valence-corrected chi connectivity index (χ1v) is 9.77. The van der Waals surface area contributed by atoms with Crippen molar-refractivity contribution in [3.8, 4) is 0 Å². The standard InChI is InChI=1S/C17H21N5O5S/c1-2-8-18-15-19-11(10-28-15)13(24)27-9-12(23)21-22-14(25)17(20-16(22)26)6-4-3-5-7-17/h2,10H,1,3-9H2,(H,18,19)(H,20,26)(H,21,23). The molecule has 0 atom stereocenters. The first-order valence-electron chi connectivity index (χ1n) is 8.89. The summed E-state index contributed by atoms with van der Waals surface area (Å²) in [5, 5.41) is 8.30. The molecule has 0 aromatic carbocycles. The number of carbonyl (C=O) groups is 4. The van der Waals surface area contributed by atoms with Gasteiger partial charge in [0.2, 0.25) is 0 Å². The van der Waals surface area contributed by atoms with Crippen LogP contribution in [0.2, 0.25) is 0 Å². The van der Waals surface area contributed by atoms with Gasteiger partial charge in [-0.15, -0.1) is 17.9 Å². The molecule has 11 heteroatoms. The lowest BCUT2D eigenvalue weighted by atomic mass is 9.82. The lowest BCUT2D eigenvalue weighted by Crippen LogP contribution is -2.51. The van der Waals surface area contributed by atoms with Crippen molar-refractivity contribution < 1.29 is 23.9 Å². The molecular weight excluding hydrogens is 386 g/mol. The molecule has 3 N–H and O–H groups in total. The third-order valence-corrected chi connectivity index (χ3v) is 5.35. The number of hydrogen-bond donors (Lipinski definition) is 3. The van der Waals surface area contributed by atoms with Crippen LogP contribution >= 0.6 is 11.3 Å². The first-order chi connectivity index (χ1) is 13.4. The predicted octanol–water partition coefficient (Wildman–Crippen LogP) is 1.18. The maximum Gasteiger partial charge on any atom is 0.358 e. The third kappa shape index (κ3) is 4.14. The quantitative estimate of drug-likeness (QED) is 0.352. The highest BCUT2D eigenvalue weighted by atomic mass is 32.1. The molecule has 1 aliphatic carbocycles. The van der Waals surface area contributed by atoms with Crippen LogP contribution in [0.15, 0.2) is 18.0 Å². The molecule has 0 bridgehead atoms. The minimum absolute atomic E-state index is 0.0560. The summed E-state index contributed by atoms with van der Waals surface area (Å²) in [6.07, 6.45) is 5.42. The second kappa shape index (κ2) is 8.38. The summed E-state index contributed by atoms with van der Waals surface area (Å²) < 4.78 is 4.90. The number of esters is 1. The maximum atomic E-state index is 12.6. The van der Waals surface area contributed by atoms with Gasteiger partial charge in [0.1, 0.15) is 5.54 Å². The fourth-order valence-corrected chi connectivity index (χ4v) is 3.88. The molecule has 1 spiro atoms. The van der Waals surface area contributed by atoms with E-state index < -0.39 is 36.0 Å². The zero-order valence-corrected chi connectivity index (χ0v) is 16.0. The Labute approximate surface area is 165 Å². The van der Waals surface area contributed by atoms with Gasteiger partial charge in [0.25, 0.3) is 11.8 Å². The van der Waals surface area contributed by atoms with Gasteiger partial charge in [0.05, 0.1) is 0 Å². The fraction of sp³-hybridized carbons (Fsp3) is 0.471. The van der Waals surface area contributed by atoms with Crippen LogP contribution in [-0.2, 0) is 14.3 Å². The molecule has 0 radical (unpaired) electrons. The topological polar surface area (TPSA) is 130 Å². The monoisotopic (exact) mass is 407 g/mol. The lowest BCUT2D eigenvalue weighted by Gasteiger charge is -2.30. The van der Waals surface area contributed by atoms with Crippen molar-refractivity contribution in [2.45, 2.75) is 37.6 Å². The molecule has 2 heterocycles. The zero-order chi connectivity index (χ0) is 20.1. The number of ether oxygens (including phenoxy) is 1. The minimum atomic E-state index is -0.936. The van der Waals surface area contributed by atoms with E-state index in [1.54, 1.807) is 6.08 Å². The molecule has 2 fully saturated rings. The molecule has 150 valence electrons. The number of thiazole rings is 1. The highest BCUT2D eigenvalue weighted by molar-refractivity contribution is 7.13. The van der Waals surface area contributed by atoms with Gasteiger partial charge >= 0.3 is 12.0 Å². The van der Waals surface area contributed by atoms with E-state index in [2.05, 4.69) is 27.6 Å². The van der Waals surface area contributed by atoms with Crippen LogP contribution in [0, 0.1) is 0 Å². The Morgan fingerprint density at radius 3 is 2.82 bits per heavy atom. The number of rotatable bonds is 7. The molecule has 4 amide bonds. The van der Waals surface area contributed by atoms with E-state index in [0.29, 0.717) is 29.5 Å². The van der Waals surface area contributed by atoms with Crippen molar-refractivity contribution in [2.24, 2.45) is 0 Å². The number of urea groups is 1. The third-order valence-electron chi connectivity index (χ3n) is 4.55. The molecule has 0 unspecified atom stereocenters. The van der Waals surface area contributed by atoms with Crippen LogP contribution in [0.1, 0.15) is 42.6 Å². The predicted molar refractivity (Wildman–Crippen MR) is 100 cm³/mol. The largest absolute Gasteiger partial charge is 0.451 e. The molecule has 1 saturated carbocycles. The smallest absolute Gasteiger partial charge is 0.358 e. The Balaban J connectivity index is 1.50. The van der Waals surface area contributed by atoms with Crippen LogP contribution in [0.3, 0.4) is 0 Å². The molecule has 28 heavy (non-hydrogen) atoms. The van der Waals surface area contributed by atoms with E-state index in [0.717, 1.165) is 19.3 Å². The molecule has 1 aromatic rings. The van der Waals surface area contributed by atoms with Gasteiger partial charge in [-0.05, 0) is 12.8 Å². The van der Waals surface area contributed by atoms with E-state index >= 15 is 0 Å². The summed E-state index contributed by atoms with van der Waals surface area (Å²) in [4.78, 5) is 52.7. The van der Waals surface area contributed by atoms with Gasteiger partial charge in [-0.1, -0.05) is 25.3 Å². The van der Waals surface area contributed by atoms with Crippen LogP contribution in [0.5, 0.6) is 0 Å². The summed E-state index contributed by atoms with van der Waals surface area (Å²) in [5.41, 5.74) is 1.32. The lowest BCUT2D eigenvalue weighted by molar-refractivity contribution is -0.140. The van der Waals surface area contributed by atoms with Gasteiger partial charge in [0.15, 0.2) is 17.4 Å². The van der Waals surface area contributed by atoms with E-state index in [1.807, 2.05) is 0 Å². The number of anilines is 1. The highest BCUT2D eigenvalue weighted by Gasteiger charge is 2.52. The summed E-state index contributed by atoms with van der Waals surface area (Å²) >= 11 is 1.21. The number of hydrazine groups is 1. The van der Waals surface area contributed by atoms with E-state index in [9.17, 15) is 19.2 Å². The number of hydrogen-bond acceptors (Lipinski definition) is 8. The Hall–Kier alpha value is -2.95. The first kappa shape index (κ1) is 19.8. The van der Waals surface area contributed by atoms with Crippen LogP contribution < -0.4 is 16.1 Å². The number of aromatic nitrogens is 1. The summed E-state index contributed by atoms with van der Waals surface area (Å²) in [5.74, 6) is -2.04. The SMILES string of the molecule is C=CCNc1nc(C(=O)OCC(=O)NN2C(=O)NC3(CCCCC3)C2=O)cs1. The molecule has 2 aliphatic rings. The molecule has 10 nitrogen and oxygen atoms in total. The van der Waals surface area contributed by atoms with Crippen LogP contribution in [-0.4, -0.2) is 52.5 Å². The second-order valence-corrected chi connectivity index (χ2v) is 7.39. The Bertz CT molecular complexity index is 802. The van der Waals surface area contributed by atoms with Crippen molar-refractivity contribution in [3.05, 3.63) is 23.7 Å². The Kier molecular flexibility index (Phi) is 5.93. The van der Waals surface area contributed by atoms with Gasteiger partial charge in [-0.25, -0.2) is 14.6 Å². The normalized spacial score (nSPS) is 17.9. The maximum absolute atomic E-state index is 12.6. The van der Waals surface area contributed by atoms with Gasteiger partial charge < -0.3 is 15.4 Å². The average molecular weight is 407 g/mol. The summed E-state index contributed by atoms with van der Waals surface area (Å²) in [7, 11) is 0.